The summed E-state index contributed by atoms with van der Waals surface area (Å²) in [6, 6.07) is 2.13. The Morgan fingerprint density at radius 2 is 2.18 bits per heavy atom. The Bertz CT molecular complexity index is 574. The Labute approximate surface area is 98.9 Å². The molecule has 5 nitrogen and oxygen atoms in total. The first-order valence-electron chi connectivity index (χ1n) is 5.83. The number of piperidine rings is 1. The maximum absolute atomic E-state index is 8.91. The van der Waals surface area contributed by atoms with E-state index < -0.39 is 0 Å². The topological polar surface area (TPSA) is 77.4 Å². The number of fused-ring (bicyclic) bond motifs is 1. The van der Waals surface area contributed by atoms with Crippen LogP contribution < -0.4 is 5.32 Å². The lowest BCUT2D eigenvalue weighted by molar-refractivity contribution is 0.446. The van der Waals surface area contributed by atoms with Gasteiger partial charge in [0.2, 0.25) is 0 Å². The van der Waals surface area contributed by atoms with Gasteiger partial charge in [-0.3, -0.25) is 0 Å². The number of rotatable bonds is 1. The lowest BCUT2D eigenvalue weighted by Gasteiger charge is -2.20. The second kappa shape index (κ2) is 4.15. The zero-order chi connectivity index (χ0) is 11.7. The van der Waals surface area contributed by atoms with E-state index in [9.17, 15) is 0 Å². The molecule has 3 heterocycles. The molecule has 17 heavy (non-hydrogen) atoms. The summed E-state index contributed by atoms with van der Waals surface area (Å²) in [5.41, 5.74) is 1.38. The molecule has 86 valence electrons. The van der Waals surface area contributed by atoms with Crippen molar-refractivity contribution in [3.63, 3.8) is 0 Å². The molecule has 0 amide bonds. The fourth-order valence-electron chi connectivity index (χ4n) is 2.29. The molecule has 3 rings (SSSR count). The molecule has 0 saturated carbocycles. The Hall–Kier alpha value is -1.93. The zero-order valence-electron chi connectivity index (χ0n) is 9.40. The van der Waals surface area contributed by atoms with Crippen molar-refractivity contribution in [2.75, 3.05) is 13.1 Å². The SMILES string of the molecule is N#Cc1c[nH]c2nc(C3CCNCC3)ncc12. The summed E-state index contributed by atoms with van der Waals surface area (Å²) in [5, 5.41) is 13.0. The maximum atomic E-state index is 8.91. The van der Waals surface area contributed by atoms with Crippen molar-refractivity contribution in [2.45, 2.75) is 18.8 Å². The fourth-order valence-corrected chi connectivity index (χ4v) is 2.29. The summed E-state index contributed by atoms with van der Waals surface area (Å²) in [4.78, 5) is 12.0. The summed E-state index contributed by atoms with van der Waals surface area (Å²) >= 11 is 0. The van der Waals surface area contributed by atoms with Crippen molar-refractivity contribution in [2.24, 2.45) is 0 Å². The molecule has 0 spiro atoms. The molecule has 0 atom stereocenters. The van der Waals surface area contributed by atoms with Crippen molar-refractivity contribution in [1.82, 2.24) is 20.3 Å². The van der Waals surface area contributed by atoms with Gasteiger partial charge in [-0.25, -0.2) is 9.97 Å². The molecule has 0 bridgehead atoms. The van der Waals surface area contributed by atoms with Gasteiger partial charge < -0.3 is 10.3 Å². The van der Waals surface area contributed by atoms with E-state index in [1.165, 1.54) is 0 Å². The second-order valence-corrected chi connectivity index (χ2v) is 4.33. The van der Waals surface area contributed by atoms with Gasteiger partial charge in [-0.05, 0) is 25.9 Å². The minimum atomic E-state index is 0.439. The summed E-state index contributed by atoms with van der Waals surface area (Å²) in [6.07, 6.45) is 5.61. The van der Waals surface area contributed by atoms with Gasteiger partial charge in [0.15, 0.2) is 0 Å². The largest absolute Gasteiger partial charge is 0.345 e. The van der Waals surface area contributed by atoms with Crippen LogP contribution in [0.1, 0.15) is 30.1 Å². The number of aromatic nitrogens is 3. The maximum Gasteiger partial charge on any atom is 0.142 e. The second-order valence-electron chi connectivity index (χ2n) is 4.33. The van der Waals surface area contributed by atoms with Gasteiger partial charge in [-0.15, -0.1) is 0 Å². The fraction of sp³-hybridized carbons (Fsp3) is 0.417. The van der Waals surface area contributed by atoms with E-state index >= 15 is 0 Å². The highest BCUT2D eigenvalue weighted by atomic mass is 15.0. The molecule has 2 aromatic heterocycles. The van der Waals surface area contributed by atoms with Crippen LogP contribution in [-0.4, -0.2) is 28.0 Å². The Morgan fingerprint density at radius 3 is 2.94 bits per heavy atom. The van der Waals surface area contributed by atoms with Crippen molar-refractivity contribution >= 4 is 11.0 Å². The average molecular weight is 227 g/mol. The minimum absolute atomic E-state index is 0.439. The third-order valence-electron chi connectivity index (χ3n) is 3.28. The third kappa shape index (κ3) is 1.77. The quantitative estimate of drug-likeness (QED) is 0.769. The van der Waals surface area contributed by atoms with E-state index in [0.717, 1.165) is 42.8 Å². The Morgan fingerprint density at radius 1 is 1.35 bits per heavy atom. The molecule has 2 N–H and O–H groups in total. The number of nitrogens with zero attached hydrogens (tertiary/aromatic N) is 3. The van der Waals surface area contributed by atoms with E-state index in [0.29, 0.717) is 11.5 Å². The van der Waals surface area contributed by atoms with Crippen molar-refractivity contribution in [3.8, 4) is 6.07 Å². The normalized spacial score (nSPS) is 17.1. The molecule has 1 aliphatic heterocycles. The van der Waals surface area contributed by atoms with Crippen LogP contribution in [0.2, 0.25) is 0 Å². The number of nitriles is 1. The van der Waals surface area contributed by atoms with Crippen LogP contribution in [0.25, 0.3) is 11.0 Å². The van der Waals surface area contributed by atoms with Gasteiger partial charge in [0, 0.05) is 18.3 Å². The van der Waals surface area contributed by atoms with E-state index in [2.05, 4.69) is 26.3 Å². The minimum Gasteiger partial charge on any atom is -0.345 e. The summed E-state index contributed by atoms with van der Waals surface area (Å²) in [7, 11) is 0. The van der Waals surface area contributed by atoms with E-state index in [-0.39, 0.29) is 0 Å². The van der Waals surface area contributed by atoms with Crippen LogP contribution >= 0.6 is 0 Å². The number of hydrogen-bond acceptors (Lipinski definition) is 4. The van der Waals surface area contributed by atoms with E-state index in [4.69, 9.17) is 5.26 Å². The molecule has 5 heteroatoms. The monoisotopic (exact) mass is 227 g/mol. The highest BCUT2D eigenvalue weighted by Crippen LogP contribution is 2.24. The highest BCUT2D eigenvalue weighted by Gasteiger charge is 2.18. The average Bonchev–Trinajstić information content (AvgIpc) is 2.81. The van der Waals surface area contributed by atoms with Crippen LogP contribution in [0.15, 0.2) is 12.4 Å². The summed E-state index contributed by atoms with van der Waals surface area (Å²) < 4.78 is 0. The van der Waals surface area contributed by atoms with Crippen LogP contribution in [0.3, 0.4) is 0 Å². The highest BCUT2D eigenvalue weighted by molar-refractivity contribution is 5.81. The molecule has 0 aromatic carbocycles. The molecule has 1 fully saturated rings. The van der Waals surface area contributed by atoms with Crippen LogP contribution in [-0.2, 0) is 0 Å². The van der Waals surface area contributed by atoms with Crippen LogP contribution in [0.4, 0.5) is 0 Å². The van der Waals surface area contributed by atoms with Gasteiger partial charge in [-0.1, -0.05) is 0 Å². The summed E-state index contributed by atoms with van der Waals surface area (Å²) in [6.45, 7) is 2.06. The van der Waals surface area contributed by atoms with Crippen molar-refractivity contribution < 1.29 is 0 Å². The van der Waals surface area contributed by atoms with Crippen LogP contribution in [0, 0.1) is 11.3 Å². The molecule has 0 radical (unpaired) electrons. The van der Waals surface area contributed by atoms with Gasteiger partial charge in [-0.2, -0.15) is 5.26 Å². The first kappa shape index (κ1) is 10.2. The Kier molecular flexibility index (Phi) is 2.50. The third-order valence-corrected chi connectivity index (χ3v) is 3.28. The van der Waals surface area contributed by atoms with E-state index in [1.54, 1.807) is 12.4 Å². The van der Waals surface area contributed by atoms with Gasteiger partial charge in [0.1, 0.15) is 17.5 Å². The molecule has 1 aliphatic rings. The van der Waals surface area contributed by atoms with Crippen molar-refractivity contribution in [3.05, 3.63) is 23.8 Å². The molecule has 1 saturated heterocycles. The lowest BCUT2D eigenvalue weighted by Crippen LogP contribution is -2.27. The zero-order valence-corrected chi connectivity index (χ0v) is 9.40. The molecule has 0 unspecified atom stereocenters. The first-order valence-corrected chi connectivity index (χ1v) is 5.83. The number of aromatic amines is 1. The predicted octanol–water partition coefficient (Wildman–Crippen LogP) is 1.30. The summed E-state index contributed by atoms with van der Waals surface area (Å²) in [5.74, 6) is 1.33. The number of nitrogens with one attached hydrogen (secondary N) is 2. The Balaban J connectivity index is 1.99. The van der Waals surface area contributed by atoms with Gasteiger partial charge in [0.05, 0.1) is 10.9 Å². The molecular weight excluding hydrogens is 214 g/mol. The predicted molar refractivity (Wildman–Crippen MR) is 63.4 cm³/mol. The first-order chi connectivity index (χ1) is 8.38. The van der Waals surface area contributed by atoms with Gasteiger partial charge >= 0.3 is 0 Å². The van der Waals surface area contributed by atoms with Crippen LogP contribution in [0.5, 0.6) is 0 Å². The number of H-pyrrole nitrogens is 1. The van der Waals surface area contributed by atoms with E-state index in [1.807, 2.05) is 0 Å². The lowest BCUT2D eigenvalue weighted by atomic mass is 9.97. The van der Waals surface area contributed by atoms with Crippen molar-refractivity contribution in [1.29, 1.82) is 5.26 Å². The number of hydrogen-bond donors (Lipinski definition) is 2. The standard InChI is InChI=1S/C12H13N5/c13-5-9-6-15-12-10(9)7-16-11(17-12)8-1-3-14-4-2-8/h6-8,14H,1-4H2,(H,15,16,17). The molecule has 2 aromatic rings. The molecule has 0 aliphatic carbocycles. The molecular formula is C12H13N5. The smallest absolute Gasteiger partial charge is 0.142 e. The van der Waals surface area contributed by atoms with Gasteiger partial charge in [0.25, 0.3) is 0 Å².